The highest BCUT2D eigenvalue weighted by Gasteiger charge is 2.22. The Labute approximate surface area is 134 Å². The largest absolute Gasteiger partial charge is 0.387 e. The van der Waals surface area contributed by atoms with E-state index in [-0.39, 0.29) is 4.90 Å². The van der Waals surface area contributed by atoms with Crippen molar-refractivity contribution in [2.24, 2.45) is 0 Å². The molecule has 0 aliphatic heterocycles. The van der Waals surface area contributed by atoms with Crippen LogP contribution in [-0.2, 0) is 10.0 Å². The summed E-state index contributed by atoms with van der Waals surface area (Å²) in [6.45, 7) is 1.85. The zero-order valence-electron chi connectivity index (χ0n) is 12.8. The average Bonchev–Trinajstić information content (AvgIpc) is 3.01. The van der Waals surface area contributed by atoms with E-state index in [1.54, 1.807) is 43.8 Å². The Morgan fingerprint density at radius 1 is 1.17 bits per heavy atom. The van der Waals surface area contributed by atoms with Crippen LogP contribution in [0.1, 0.15) is 5.69 Å². The third-order valence-electron chi connectivity index (χ3n) is 3.55. The molecule has 0 aromatic carbocycles. The van der Waals surface area contributed by atoms with E-state index in [4.69, 9.17) is 0 Å². The summed E-state index contributed by atoms with van der Waals surface area (Å²) in [5.74, 6) is 0. The van der Waals surface area contributed by atoms with Gasteiger partial charge in [-0.2, -0.15) is 0 Å². The molecule has 6 nitrogen and oxygen atoms in total. The molecule has 3 aromatic heterocycles. The van der Waals surface area contributed by atoms with E-state index in [2.05, 4.69) is 15.3 Å². The molecule has 0 spiro atoms. The molecule has 0 aliphatic rings. The first-order valence-electron chi connectivity index (χ1n) is 7.02. The summed E-state index contributed by atoms with van der Waals surface area (Å²) >= 11 is 0. The average molecular weight is 328 g/mol. The summed E-state index contributed by atoms with van der Waals surface area (Å²) < 4.78 is 27.2. The first kappa shape index (κ1) is 15.2. The van der Waals surface area contributed by atoms with Crippen molar-refractivity contribution >= 4 is 15.7 Å². The summed E-state index contributed by atoms with van der Waals surface area (Å²) in [6.07, 6.45) is 6.12. The standard InChI is InChI=1S/C16H16N4O2S/c1-12-15(6-4-8-19-12)16-9-13(17-2)11-20(16)23(21,22)14-5-3-7-18-10-14/h3-11,17H,1-2H3. The van der Waals surface area contributed by atoms with Crippen molar-refractivity contribution in [3.63, 3.8) is 0 Å². The second kappa shape index (κ2) is 5.85. The molecule has 1 N–H and O–H groups in total. The molecule has 7 heteroatoms. The van der Waals surface area contributed by atoms with Crippen LogP contribution in [0.3, 0.4) is 0 Å². The molecule has 0 radical (unpaired) electrons. The maximum Gasteiger partial charge on any atom is 0.269 e. The van der Waals surface area contributed by atoms with E-state index < -0.39 is 10.0 Å². The van der Waals surface area contributed by atoms with Crippen LogP contribution < -0.4 is 5.32 Å². The number of pyridine rings is 2. The molecule has 23 heavy (non-hydrogen) atoms. The van der Waals surface area contributed by atoms with Crippen molar-refractivity contribution in [1.82, 2.24) is 13.9 Å². The predicted octanol–water partition coefficient (Wildman–Crippen LogP) is 2.53. The Morgan fingerprint density at radius 2 is 1.96 bits per heavy atom. The van der Waals surface area contributed by atoms with Gasteiger partial charge in [-0.1, -0.05) is 0 Å². The minimum atomic E-state index is -3.74. The van der Waals surface area contributed by atoms with Crippen LogP contribution in [0.25, 0.3) is 11.3 Å². The van der Waals surface area contributed by atoms with Crippen LogP contribution in [0, 0.1) is 6.92 Å². The fraction of sp³-hybridized carbons (Fsp3) is 0.125. The first-order chi connectivity index (χ1) is 11.0. The van der Waals surface area contributed by atoms with Crippen LogP contribution in [0.2, 0.25) is 0 Å². The van der Waals surface area contributed by atoms with E-state index in [0.717, 1.165) is 11.3 Å². The third kappa shape index (κ3) is 2.70. The smallest absolute Gasteiger partial charge is 0.269 e. The van der Waals surface area contributed by atoms with Gasteiger partial charge in [0, 0.05) is 43.1 Å². The SMILES string of the molecule is CNc1cc(-c2cccnc2C)n(S(=O)(=O)c2cccnc2)c1. The highest BCUT2D eigenvalue weighted by molar-refractivity contribution is 7.90. The summed E-state index contributed by atoms with van der Waals surface area (Å²) in [4.78, 5) is 8.29. The number of hydrogen-bond acceptors (Lipinski definition) is 5. The van der Waals surface area contributed by atoms with Crippen molar-refractivity contribution in [3.05, 3.63) is 60.8 Å². The number of hydrogen-bond donors (Lipinski definition) is 1. The molecule has 3 heterocycles. The molecule has 0 unspecified atom stereocenters. The molecule has 0 saturated carbocycles. The number of nitrogens with zero attached hydrogens (tertiary/aromatic N) is 3. The Kier molecular flexibility index (Phi) is 3.87. The van der Waals surface area contributed by atoms with Gasteiger partial charge in [-0.15, -0.1) is 0 Å². The zero-order valence-corrected chi connectivity index (χ0v) is 13.6. The third-order valence-corrected chi connectivity index (χ3v) is 5.21. The van der Waals surface area contributed by atoms with Gasteiger partial charge in [-0.3, -0.25) is 9.97 Å². The highest BCUT2D eigenvalue weighted by atomic mass is 32.2. The van der Waals surface area contributed by atoms with Crippen LogP contribution >= 0.6 is 0 Å². The molecule has 0 bridgehead atoms. The topological polar surface area (TPSA) is 76.9 Å². The van der Waals surface area contributed by atoms with Gasteiger partial charge in [0.1, 0.15) is 4.90 Å². The summed E-state index contributed by atoms with van der Waals surface area (Å²) in [7, 11) is -1.99. The van der Waals surface area contributed by atoms with E-state index in [9.17, 15) is 8.42 Å². The molecule has 0 saturated heterocycles. The van der Waals surface area contributed by atoms with E-state index >= 15 is 0 Å². The normalized spacial score (nSPS) is 11.4. The summed E-state index contributed by atoms with van der Waals surface area (Å²) in [6, 6.07) is 8.56. The molecular formula is C16H16N4O2S. The van der Waals surface area contributed by atoms with Crippen molar-refractivity contribution in [2.75, 3.05) is 12.4 Å². The fourth-order valence-corrected chi connectivity index (χ4v) is 3.68. The number of anilines is 1. The maximum atomic E-state index is 12.9. The predicted molar refractivity (Wildman–Crippen MR) is 88.8 cm³/mol. The second-order valence-electron chi connectivity index (χ2n) is 4.99. The molecule has 0 fully saturated rings. The second-order valence-corrected chi connectivity index (χ2v) is 6.80. The van der Waals surface area contributed by atoms with E-state index in [1.165, 1.54) is 16.2 Å². The lowest BCUT2D eigenvalue weighted by Crippen LogP contribution is -2.13. The minimum Gasteiger partial charge on any atom is -0.387 e. The van der Waals surface area contributed by atoms with Crippen LogP contribution in [0.5, 0.6) is 0 Å². The van der Waals surface area contributed by atoms with Crippen molar-refractivity contribution in [2.45, 2.75) is 11.8 Å². The molecule has 0 amide bonds. The fourth-order valence-electron chi connectivity index (χ4n) is 2.34. The lowest BCUT2D eigenvalue weighted by molar-refractivity contribution is 0.587. The Hall–Kier alpha value is -2.67. The molecule has 0 atom stereocenters. The Bertz CT molecular complexity index is 934. The van der Waals surface area contributed by atoms with Gasteiger partial charge in [-0.05, 0) is 37.3 Å². The summed E-state index contributed by atoms with van der Waals surface area (Å²) in [5.41, 5.74) is 2.79. The molecule has 118 valence electrons. The number of aromatic nitrogens is 3. The maximum absolute atomic E-state index is 12.9. The number of rotatable bonds is 4. The van der Waals surface area contributed by atoms with E-state index in [0.29, 0.717) is 11.4 Å². The van der Waals surface area contributed by atoms with Crippen molar-refractivity contribution < 1.29 is 8.42 Å². The van der Waals surface area contributed by atoms with Crippen LogP contribution in [-0.4, -0.2) is 29.4 Å². The van der Waals surface area contributed by atoms with Gasteiger partial charge >= 0.3 is 0 Å². The lowest BCUT2D eigenvalue weighted by Gasteiger charge is -2.11. The van der Waals surface area contributed by atoms with Gasteiger partial charge in [-0.25, -0.2) is 12.4 Å². The Balaban J connectivity index is 2.25. The van der Waals surface area contributed by atoms with Crippen LogP contribution in [0.15, 0.2) is 60.0 Å². The number of aryl methyl sites for hydroxylation is 1. The van der Waals surface area contributed by atoms with E-state index in [1.807, 2.05) is 13.0 Å². The molecule has 3 rings (SSSR count). The summed E-state index contributed by atoms with van der Waals surface area (Å²) in [5, 5.41) is 2.98. The van der Waals surface area contributed by atoms with Gasteiger partial charge in [0.15, 0.2) is 0 Å². The van der Waals surface area contributed by atoms with Crippen molar-refractivity contribution in [1.29, 1.82) is 0 Å². The van der Waals surface area contributed by atoms with Crippen molar-refractivity contribution in [3.8, 4) is 11.3 Å². The molecular weight excluding hydrogens is 312 g/mol. The Morgan fingerprint density at radius 3 is 2.61 bits per heavy atom. The lowest BCUT2D eigenvalue weighted by atomic mass is 10.1. The number of nitrogens with one attached hydrogen (secondary N) is 1. The minimum absolute atomic E-state index is 0.140. The van der Waals surface area contributed by atoms with Crippen LogP contribution in [0.4, 0.5) is 5.69 Å². The van der Waals surface area contributed by atoms with Gasteiger partial charge in [0.25, 0.3) is 10.0 Å². The van der Waals surface area contributed by atoms with Gasteiger partial charge < -0.3 is 5.32 Å². The first-order valence-corrected chi connectivity index (χ1v) is 8.46. The quantitative estimate of drug-likeness (QED) is 0.796. The monoisotopic (exact) mass is 328 g/mol. The van der Waals surface area contributed by atoms with Gasteiger partial charge in [0.2, 0.25) is 0 Å². The molecule has 0 aliphatic carbocycles. The highest BCUT2D eigenvalue weighted by Crippen LogP contribution is 2.30. The van der Waals surface area contributed by atoms with Gasteiger partial charge in [0.05, 0.1) is 11.4 Å². The zero-order chi connectivity index (χ0) is 16.4. The molecule has 3 aromatic rings.